The fourth-order valence-electron chi connectivity index (χ4n) is 2.41. The molecule has 3 N–H and O–H groups in total. The van der Waals surface area contributed by atoms with E-state index in [9.17, 15) is 9.59 Å². The van der Waals surface area contributed by atoms with Gasteiger partial charge in [-0.25, -0.2) is 0 Å². The summed E-state index contributed by atoms with van der Waals surface area (Å²) in [5.74, 6) is 0.367. The molecule has 0 spiro atoms. The van der Waals surface area contributed by atoms with E-state index in [1.54, 1.807) is 42.5 Å². The molecule has 2 amide bonds. The molecule has 2 aromatic rings. The summed E-state index contributed by atoms with van der Waals surface area (Å²) >= 11 is 0. The highest BCUT2D eigenvalue weighted by Crippen LogP contribution is 2.37. The zero-order valence-electron chi connectivity index (χ0n) is 13.5. The van der Waals surface area contributed by atoms with Gasteiger partial charge in [0, 0.05) is 6.42 Å². The molecule has 1 heterocycles. The Hall–Kier alpha value is -3.22. The van der Waals surface area contributed by atoms with E-state index in [0.717, 1.165) is 6.42 Å². The topological polar surface area (TPSA) is 99.9 Å². The second-order valence-corrected chi connectivity index (χ2v) is 5.39. The lowest BCUT2D eigenvalue weighted by atomic mass is 10.1. The van der Waals surface area contributed by atoms with Gasteiger partial charge in [0.2, 0.25) is 0 Å². The van der Waals surface area contributed by atoms with Crippen LogP contribution in [0, 0.1) is 0 Å². The first-order valence-electron chi connectivity index (χ1n) is 7.85. The number of fused-ring (bicyclic) bond motifs is 1. The molecule has 0 atom stereocenters. The first-order valence-corrected chi connectivity index (χ1v) is 7.85. The van der Waals surface area contributed by atoms with E-state index < -0.39 is 5.91 Å². The molecule has 0 fully saturated rings. The Morgan fingerprint density at radius 1 is 1.08 bits per heavy atom. The largest absolute Gasteiger partial charge is 0.489 e. The van der Waals surface area contributed by atoms with Gasteiger partial charge in [-0.15, -0.1) is 0 Å². The van der Waals surface area contributed by atoms with Crippen molar-refractivity contribution >= 4 is 17.5 Å². The molecule has 3 rings (SSSR count). The predicted molar refractivity (Wildman–Crippen MR) is 91.1 cm³/mol. The van der Waals surface area contributed by atoms with Crippen LogP contribution in [0.3, 0.4) is 0 Å². The van der Waals surface area contributed by atoms with E-state index in [0.29, 0.717) is 30.4 Å². The Bertz CT molecular complexity index is 791. The number of carbonyl (C=O) groups excluding carboxylic acids is 2. The summed E-state index contributed by atoms with van der Waals surface area (Å²) in [7, 11) is 0. The Kier molecular flexibility index (Phi) is 5.03. The van der Waals surface area contributed by atoms with Gasteiger partial charge in [-0.2, -0.15) is 0 Å². The lowest BCUT2D eigenvalue weighted by molar-refractivity contribution is -0.119. The third-order valence-corrected chi connectivity index (χ3v) is 3.52. The zero-order valence-corrected chi connectivity index (χ0v) is 13.5. The van der Waals surface area contributed by atoms with Crippen molar-refractivity contribution in [2.24, 2.45) is 5.73 Å². The minimum absolute atomic E-state index is 0.276. The molecule has 0 bridgehead atoms. The number of nitrogens with two attached hydrogens (primary N) is 1. The van der Waals surface area contributed by atoms with Crippen LogP contribution < -0.4 is 25.3 Å². The van der Waals surface area contributed by atoms with Gasteiger partial charge in [-0.3, -0.25) is 9.59 Å². The van der Waals surface area contributed by atoms with E-state index in [1.807, 2.05) is 0 Å². The lowest BCUT2D eigenvalue weighted by Crippen LogP contribution is -2.21. The highest BCUT2D eigenvalue weighted by molar-refractivity contribution is 6.07. The maximum atomic E-state index is 12.6. The van der Waals surface area contributed by atoms with Gasteiger partial charge in [0.25, 0.3) is 11.8 Å². The van der Waals surface area contributed by atoms with Gasteiger partial charge in [0.15, 0.2) is 18.1 Å². The van der Waals surface area contributed by atoms with Crippen LogP contribution in [0.25, 0.3) is 0 Å². The average molecular weight is 342 g/mol. The van der Waals surface area contributed by atoms with Crippen LogP contribution in [-0.4, -0.2) is 31.6 Å². The van der Waals surface area contributed by atoms with Crippen molar-refractivity contribution in [3.05, 3.63) is 48.0 Å². The smallest absolute Gasteiger partial charge is 0.259 e. The molecule has 0 saturated heterocycles. The van der Waals surface area contributed by atoms with Gasteiger partial charge in [0.1, 0.15) is 5.75 Å². The van der Waals surface area contributed by atoms with Crippen molar-refractivity contribution in [3.63, 3.8) is 0 Å². The highest BCUT2D eigenvalue weighted by Gasteiger charge is 2.18. The average Bonchev–Trinajstić information content (AvgIpc) is 2.86. The molecule has 0 aromatic heterocycles. The number of hydrogen-bond acceptors (Lipinski definition) is 5. The molecule has 2 aromatic carbocycles. The van der Waals surface area contributed by atoms with E-state index >= 15 is 0 Å². The lowest BCUT2D eigenvalue weighted by Gasteiger charge is -2.14. The number of primary amides is 1. The SMILES string of the molecule is NC(=O)COc1ccccc1C(=O)Nc1cccc2c1OCCCO2. The number of hydrogen-bond donors (Lipinski definition) is 2. The van der Waals surface area contributed by atoms with E-state index in [-0.39, 0.29) is 23.8 Å². The van der Waals surface area contributed by atoms with Crippen molar-refractivity contribution in [1.82, 2.24) is 0 Å². The number of rotatable bonds is 5. The zero-order chi connectivity index (χ0) is 17.6. The van der Waals surface area contributed by atoms with Crippen LogP contribution in [0.15, 0.2) is 42.5 Å². The second-order valence-electron chi connectivity index (χ2n) is 5.39. The van der Waals surface area contributed by atoms with Crippen LogP contribution in [-0.2, 0) is 4.79 Å². The number of amides is 2. The Morgan fingerprint density at radius 3 is 2.72 bits per heavy atom. The van der Waals surface area contributed by atoms with Crippen LogP contribution in [0.4, 0.5) is 5.69 Å². The van der Waals surface area contributed by atoms with Crippen LogP contribution in [0.2, 0.25) is 0 Å². The third kappa shape index (κ3) is 4.00. The fourth-order valence-corrected chi connectivity index (χ4v) is 2.41. The summed E-state index contributed by atoms with van der Waals surface area (Å²) in [6, 6.07) is 11.9. The van der Waals surface area contributed by atoms with Gasteiger partial charge in [-0.05, 0) is 24.3 Å². The molecule has 1 aliphatic rings. The molecule has 25 heavy (non-hydrogen) atoms. The molecule has 0 radical (unpaired) electrons. The number of benzene rings is 2. The number of carbonyl (C=O) groups is 2. The van der Waals surface area contributed by atoms with Crippen LogP contribution in [0.1, 0.15) is 16.8 Å². The summed E-state index contributed by atoms with van der Waals surface area (Å²) in [4.78, 5) is 23.6. The predicted octanol–water partition coefficient (Wildman–Crippen LogP) is 1.96. The minimum atomic E-state index is -0.617. The molecule has 0 saturated carbocycles. The van der Waals surface area contributed by atoms with Gasteiger partial charge < -0.3 is 25.3 Å². The second kappa shape index (κ2) is 7.57. The fraction of sp³-hybridized carbons (Fsp3) is 0.222. The molecule has 7 heteroatoms. The minimum Gasteiger partial charge on any atom is -0.489 e. The van der Waals surface area contributed by atoms with Gasteiger partial charge >= 0.3 is 0 Å². The summed E-state index contributed by atoms with van der Waals surface area (Å²) in [5, 5.41) is 2.80. The molecule has 7 nitrogen and oxygen atoms in total. The van der Waals surface area contributed by atoms with Crippen molar-refractivity contribution in [3.8, 4) is 17.2 Å². The quantitative estimate of drug-likeness (QED) is 0.865. The van der Waals surface area contributed by atoms with Crippen LogP contribution in [0.5, 0.6) is 17.2 Å². The normalized spacial score (nSPS) is 12.8. The van der Waals surface area contributed by atoms with E-state index in [1.165, 1.54) is 0 Å². The van der Waals surface area contributed by atoms with Crippen molar-refractivity contribution < 1.29 is 23.8 Å². The number of anilines is 1. The first kappa shape index (κ1) is 16.6. The number of nitrogens with one attached hydrogen (secondary N) is 1. The van der Waals surface area contributed by atoms with Gasteiger partial charge in [0.05, 0.1) is 24.5 Å². The monoisotopic (exact) mass is 342 g/mol. The van der Waals surface area contributed by atoms with Crippen molar-refractivity contribution in [2.45, 2.75) is 6.42 Å². The Labute approximate surface area is 144 Å². The third-order valence-electron chi connectivity index (χ3n) is 3.52. The molecule has 0 unspecified atom stereocenters. The molecular formula is C18H18N2O5. The standard InChI is InChI=1S/C18H18N2O5/c19-16(21)11-25-14-7-2-1-5-12(14)18(22)20-13-6-3-8-15-17(13)24-10-4-9-23-15/h1-3,5-8H,4,9-11H2,(H2,19,21)(H,20,22). The molecule has 1 aliphatic heterocycles. The maximum absolute atomic E-state index is 12.6. The van der Waals surface area contributed by atoms with Gasteiger partial charge in [-0.1, -0.05) is 18.2 Å². The first-order chi connectivity index (χ1) is 12.1. The maximum Gasteiger partial charge on any atom is 0.259 e. The van der Waals surface area contributed by atoms with Crippen molar-refractivity contribution in [2.75, 3.05) is 25.1 Å². The van der Waals surface area contributed by atoms with Crippen molar-refractivity contribution in [1.29, 1.82) is 0 Å². The summed E-state index contributed by atoms with van der Waals surface area (Å²) < 4.78 is 16.6. The molecular weight excluding hydrogens is 324 g/mol. The number of para-hydroxylation sites is 2. The Balaban J connectivity index is 1.83. The number of ether oxygens (including phenoxy) is 3. The van der Waals surface area contributed by atoms with Crippen LogP contribution >= 0.6 is 0 Å². The Morgan fingerprint density at radius 2 is 1.88 bits per heavy atom. The summed E-state index contributed by atoms with van der Waals surface area (Å²) in [6.45, 7) is 0.772. The highest BCUT2D eigenvalue weighted by atomic mass is 16.5. The molecule has 0 aliphatic carbocycles. The van der Waals surface area contributed by atoms with E-state index in [2.05, 4.69) is 5.32 Å². The molecule has 130 valence electrons. The summed E-state index contributed by atoms with van der Waals surface area (Å²) in [6.07, 6.45) is 0.770. The van der Waals surface area contributed by atoms with E-state index in [4.69, 9.17) is 19.9 Å². The summed E-state index contributed by atoms with van der Waals surface area (Å²) in [5.41, 5.74) is 5.88.